The van der Waals surface area contributed by atoms with E-state index in [0.717, 1.165) is 25.5 Å². The lowest BCUT2D eigenvalue weighted by Crippen LogP contribution is -2.36. The number of ether oxygens (including phenoxy) is 2. The zero-order valence-electron chi connectivity index (χ0n) is 14.2. The first-order chi connectivity index (χ1) is 11.3. The van der Waals surface area contributed by atoms with E-state index in [1.807, 2.05) is 20.8 Å². The first-order valence-corrected chi connectivity index (χ1v) is 8.24. The fourth-order valence-electron chi connectivity index (χ4n) is 2.40. The van der Waals surface area contributed by atoms with Crippen molar-refractivity contribution in [1.29, 1.82) is 0 Å². The summed E-state index contributed by atoms with van der Waals surface area (Å²) in [5.74, 6) is -0.269. The second kappa shape index (κ2) is 6.41. The van der Waals surface area contributed by atoms with Gasteiger partial charge in [0.05, 0.1) is 6.20 Å². The van der Waals surface area contributed by atoms with Gasteiger partial charge in [0.1, 0.15) is 11.7 Å². The number of amides is 1. The Morgan fingerprint density at radius 3 is 2.79 bits per heavy atom. The third-order valence-corrected chi connectivity index (χ3v) is 3.69. The van der Waals surface area contributed by atoms with Crippen LogP contribution in [0.15, 0.2) is 6.20 Å². The predicted molar refractivity (Wildman–Crippen MR) is 85.5 cm³/mol. The number of carbonyl (C=O) groups excluding carboxylic acids is 1. The Morgan fingerprint density at radius 2 is 2.12 bits per heavy atom. The van der Waals surface area contributed by atoms with Crippen LogP contribution in [0, 0.1) is 5.82 Å². The molecule has 132 valence electrons. The SMILES string of the molecule is CC(C)(C)OC(=O)N1CCC(Nc2ncc(F)c(OC3CC3)n2)C1. The van der Waals surface area contributed by atoms with Gasteiger partial charge in [0.25, 0.3) is 5.88 Å². The van der Waals surface area contributed by atoms with Crippen LogP contribution in [0.2, 0.25) is 0 Å². The molecule has 24 heavy (non-hydrogen) atoms. The van der Waals surface area contributed by atoms with Crippen LogP contribution in [0.25, 0.3) is 0 Å². The minimum absolute atomic E-state index is 0.00301. The summed E-state index contributed by atoms with van der Waals surface area (Å²) >= 11 is 0. The zero-order valence-corrected chi connectivity index (χ0v) is 14.2. The predicted octanol–water partition coefficient (Wildman–Crippen LogP) is 2.58. The second-order valence-corrected chi connectivity index (χ2v) is 7.22. The smallest absolute Gasteiger partial charge is 0.410 e. The molecule has 0 bridgehead atoms. The first kappa shape index (κ1) is 16.7. The molecule has 1 aliphatic carbocycles. The molecule has 1 saturated carbocycles. The van der Waals surface area contributed by atoms with Gasteiger partial charge in [-0.25, -0.2) is 9.78 Å². The van der Waals surface area contributed by atoms with Crippen LogP contribution < -0.4 is 10.1 Å². The van der Waals surface area contributed by atoms with Crippen molar-refractivity contribution in [3.63, 3.8) is 0 Å². The van der Waals surface area contributed by atoms with Crippen molar-refractivity contribution in [2.75, 3.05) is 18.4 Å². The standard InChI is InChI=1S/C16H23FN4O3/c1-16(2,3)24-15(22)21-7-6-10(9-21)19-14-18-8-12(17)13(20-14)23-11-4-5-11/h8,10-11H,4-7,9H2,1-3H3,(H,18,19,20). The maximum Gasteiger partial charge on any atom is 0.410 e. The normalized spacial score (nSPS) is 20.8. The number of rotatable bonds is 4. The fraction of sp³-hybridized carbons (Fsp3) is 0.688. The Balaban J connectivity index is 1.56. The molecule has 0 spiro atoms. The quantitative estimate of drug-likeness (QED) is 0.909. The largest absolute Gasteiger partial charge is 0.472 e. The van der Waals surface area contributed by atoms with Gasteiger partial charge in [0.15, 0.2) is 0 Å². The summed E-state index contributed by atoms with van der Waals surface area (Å²) in [7, 11) is 0. The Bertz CT molecular complexity index is 616. The van der Waals surface area contributed by atoms with Crippen molar-refractivity contribution in [2.45, 2.75) is 57.8 Å². The molecule has 2 aliphatic rings. The van der Waals surface area contributed by atoms with E-state index in [9.17, 15) is 9.18 Å². The molecule has 7 nitrogen and oxygen atoms in total. The lowest BCUT2D eigenvalue weighted by molar-refractivity contribution is 0.0293. The highest BCUT2D eigenvalue weighted by molar-refractivity contribution is 5.68. The molecule has 1 aromatic rings. The van der Waals surface area contributed by atoms with Gasteiger partial charge in [-0.15, -0.1) is 0 Å². The molecule has 1 unspecified atom stereocenters. The minimum atomic E-state index is -0.561. The van der Waals surface area contributed by atoms with Crippen molar-refractivity contribution in [3.05, 3.63) is 12.0 Å². The summed E-state index contributed by atoms with van der Waals surface area (Å²) in [6, 6.07) is -0.00301. The fourth-order valence-corrected chi connectivity index (χ4v) is 2.40. The molecule has 2 heterocycles. The van der Waals surface area contributed by atoms with E-state index in [4.69, 9.17) is 9.47 Å². The molecule has 1 N–H and O–H groups in total. The summed E-state index contributed by atoms with van der Waals surface area (Å²) in [4.78, 5) is 21.7. The second-order valence-electron chi connectivity index (χ2n) is 7.22. The van der Waals surface area contributed by atoms with Gasteiger partial charge in [0.2, 0.25) is 11.8 Å². The van der Waals surface area contributed by atoms with Gasteiger partial charge in [-0.05, 0) is 40.0 Å². The molecule has 2 fully saturated rings. The van der Waals surface area contributed by atoms with Gasteiger partial charge in [-0.3, -0.25) is 0 Å². The Hall–Kier alpha value is -2.12. The van der Waals surface area contributed by atoms with Gasteiger partial charge in [-0.2, -0.15) is 9.37 Å². The number of hydrogen-bond donors (Lipinski definition) is 1. The third-order valence-electron chi connectivity index (χ3n) is 3.69. The molecule has 1 amide bonds. The number of likely N-dealkylation sites (tertiary alicyclic amines) is 1. The molecule has 1 saturated heterocycles. The number of aromatic nitrogens is 2. The van der Waals surface area contributed by atoms with Crippen molar-refractivity contribution >= 4 is 12.0 Å². The maximum atomic E-state index is 13.6. The number of hydrogen-bond acceptors (Lipinski definition) is 6. The van der Waals surface area contributed by atoms with Crippen LogP contribution in [-0.4, -0.2) is 51.8 Å². The van der Waals surface area contributed by atoms with Crippen molar-refractivity contribution in [3.8, 4) is 5.88 Å². The van der Waals surface area contributed by atoms with Crippen LogP contribution in [-0.2, 0) is 4.74 Å². The highest BCUT2D eigenvalue weighted by Gasteiger charge is 2.30. The van der Waals surface area contributed by atoms with Crippen molar-refractivity contribution in [1.82, 2.24) is 14.9 Å². The van der Waals surface area contributed by atoms with E-state index in [1.165, 1.54) is 0 Å². The molecule has 0 aromatic carbocycles. The zero-order chi connectivity index (χ0) is 17.3. The van der Waals surface area contributed by atoms with E-state index in [-0.39, 0.29) is 24.1 Å². The van der Waals surface area contributed by atoms with Gasteiger partial charge in [0, 0.05) is 19.1 Å². The Labute approximate surface area is 140 Å². The molecule has 0 radical (unpaired) electrons. The lowest BCUT2D eigenvalue weighted by Gasteiger charge is -2.24. The van der Waals surface area contributed by atoms with Gasteiger partial charge in [-0.1, -0.05) is 0 Å². The molecule has 3 rings (SSSR count). The highest BCUT2D eigenvalue weighted by atomic mass is 19.1. The summed E-state index contributed by atoms with van der Waals surface area (Å²) in [5.41, 5.74) is -0.516. The molecular formula is C16H23FN4O3. The van der Waals surface area contributed by atoms with Crippen molar-refractivity contribution in [2.24, 2.45) is 0 Å². The number of anilines is 1. The van der Waals surface area contributed by atoms with Crippen LogP contribution in [0.1, 0.15) is 40.0 Å². The summed E-state index contributed by atoms with van der Waals surface area (Å²) in [5, 5.41) is 3.13. The molecule has 1 atom stereocenters. The average molecular weight is 338 g/mol. The number of nitrogens with one attached hydrogen (secondary N) is 1. The first-order valence-electron chi connectivity index (χ1n) is 8.24. The maximum absolute atomic E-state index is 13.6. The highest BCUT2D eigenvalue weighted by Crippen LogP contribution is 2.27. The Kier molecular flexibility index (Phi) is 4.47. The van der Waals surface area contributed by atoms with Crippen LogP contribution >= 0.6 is 0 Å². The van der Waals surface area contributed by atoms with Gasteiger partial charge < -0.3 is 19.7 Å². The van der Waals surface area contributed by atoms with E-state index in [1.54, 1.807) is 4.90 Å². The van der Waals surface area contributed by atoms with Crippen LogP contribution in [0.3, 0.4) is 0 Å². The minimum Gasteiger partial charge on any atom is -0.472 e. The summed E-state index contributed by atoms with van der Waals surface area (Å²) in [6.07, 6.45) is 3.45. The van der Waals surface area contributed by atoms with E-state index < -0.39 is 11.4 Å². The van der Waals surface area contributed by atoms with E-state index in [2.05, 4.69) is 15.3 Å². The Morgan fingerprint density at radius 1 is 1.38 bits per heavy atom. The molecule has 1 aromatic heterocycles. The van der Waals surface area contributed by atoms with Gasteiger partial charge >= 0.3 is 6.09 Å². The summed E-state index contributed by atoms with van der Waals surface area (Å²) in [6.45, 7) is 6.60. The van der Waals surface area contributed by atoms with Crippen molar-refractivity contribution < 1.29 is 18.7 Å². The lowest BCUT2D eigenvalue weighted by atomic mass is 10.2. The van der Waals surface area contributed by atoms with Crippen LogP contribution in [0.5, 0.6) is 5.88 Å². The van der Waals surface area contributed by atoms with Crippen LogP contribution in [0.4, 0.5) is 15.1 Å². The summed E-state index contributed by atoms with van der Waals surface area (Å²) < 4.78 is 24.4. The topological polar surface area (TPSA) is 76.6 Å². The van der Waals surface area contributed by atoms with E-state index in [0.29, 0.717) is 19.0 Å². The van der Waals surface area contributed by atoms with E-state index >= 15 is 0 Å². The molecular weight excluding hydrogens is 315 g/mol. The molecule has 1 aliphatic heterocycles. The third kappa shape index (κ3) is 4.46. The monoisotopic (exact) mass is 338 g/mol. The number of halogens is 1. The molecule has 8 heteroatoms. The average Bonchev–Trinajstić information content (AvgIpc) is 3.16. The number of carbonyl (C=O) groups is 1. The number of nitrogens with zero attached hydrogens (tertiary/aromatic N) is 3.